The number of allylic oxidation sites excluding steroid dienone is 1. The lowest BCUT2D eigenvalue weighted by Gasteiger charge is -2.29. The molecule has 0 saturated heterocycles. The SMILES string of the molecule is Cn1c2c(c(=O)[nH]c1=O)[C@H](c1cccc(O)c1)C1=C(N2)c2ccccc2C1=O. The Bertz CT molecular complexity index is 1330. The second-order valence-corrected chi connectivity index (χ2v) is 6.90. The van der Waals surface area contributed by atoms with Crippen LogP contribution in [-0.2, 0) is 7.05 Å². The summed E-state index contributed by atoms with van der Waals surface area (Å²) in [5, 5.41) is 13.1. The molecule has 1 aliphatic heterocycles. The van der Waals surface area contributed by atoms with E-state index in [4.69, 9.17) is 0 Å². The molecule has 7 heteroatoms. The van der Waals surface area contributed by atoms with Crippen LogP contribution in [0.25, 0.3) is 5.70 Å². The van der Waals surface area contributed by atoms with Crippen LogP contribution in [-0.4, -0.2) is 20.4 Å². The normalized spacial score (nSPS) is 17.0. The van der Waals surface area contributed by atoms with Crippen LogP contribution in [0.3, 0.4) is 0 Å². The van der Waals surface area contributed by atoms with Crippen molar-refractivity contribution in [3.05, 3.63) is 97.2 Å². The molecule has 0 fully saturated rings. The lowest BCUT2D eigenvalue weighted by molar-refractivity contribution is 0.103. The number of aromatic amines is 1. The fourth-order valence-electron chi connectivity index (χ4n) is 4.07. The van der Waals surface area contributed by atoms with Crippen LogP contribution >= 0.6 is 0 Å². The van der Waals surface area contributed by atoms with Crippen molar-refractivity contribution in [2.75, 3.05) is 5.32 Å². The van der Waals surface area contributed by atoms with Gasteiger partial charge in [0.1, 0.15) is 11.6 Å². The quantitative estimate of drug-likeness (QED) is 0.605. The topological polar surface area (TPSA) is 104 Å². The minimum atomic E-state index is -0.714. The van der Waals surface area contributed by atoms with Crippen molar-refractivity contribution in [1.29, 1.82) is 0 Å². The Hall–Kier alpha value is -3.87. The number of carbonyl (C=O) groups is 1. The van der Waals surface area contributed by atoms with Gasteiger partial charge in [-0.25, -0.2) is 4.79 Å². The van der Waals surface area contributed by atoms with Gasteiger partial charge in [0.25, 0.3) is 5.56 Å². The van der Waals surface area contributed by atoms with Crippen LogP contribution in [0.1, 0.15) is 33.0 Å². The van der Waals surface area contributed by atoms with Gasteiger partial charge in [0, 0.05) is 29.7 Å². The van der Waals surface area contributed by atoms with Gasteiger partial charge in [0.2, 0.25) is 0 Å². The summed E-state index contributed by atoms with van der Waals surface area (Å²) in [5.74, 6) is -0.520. The van der Waals surface area contributed by atoms with E-state index in [1.54, 1.807) is 31.3 Å². The lowest BCUT2D eigenvalue weighted by atomic mass is 9.81. The van der Waals surface area contributed by atoms with Crippen LogP contribution in [0.5, 0.6) is 5.75 Å². The Kier molecular flexibility index (Phi) is 3.24. The molecule has 7 nitrogen and oxygen atoms in total. The van der Waals surface area contributed by atoms with Gasteiger partial charge in [0.05, 0.1) is 11.3 Å². The Morgan fingerprint density at radius 1 is 1.00 bits per heavy atom. The maximum Gasteiger partial charge on any atom is 0.329 e. The summed E-state index contributed by atoms with van der Waals surface area (Å²) in [6, 6.07) is 13.7. The number of anilines is 1. The van der Waals surface area contributed by atoms with E-state index in [1.165, 1.54) is 16.7 Å². The molecule has 5 rings (SSSR count). The zero-order valence-electron chi connectivity index (χ0n) is 14.8. The summed E-state index contributed by atoms with van der Waals surface area (Å²) in [4.78, 5) is 40.5. The second kappa shape index (κ2) is 5.56. The summed E-state index contributed by atoms with van der Waals surface area (Å²) in [6.07, 6.45) is 0. The fourth-order valence-corrected chi connectivity index (χ4v) is 4.07. The third-order valence-corrected chi connectivity index (χ3v) is 5.34. The molecule has 1 aromatic heterocycles. The molecule has 2 aromatic carbocycles. The number of phenols is 1. The standard InChI is InChI=1S/C21H15N3O4/c1-24-19-16(20(27)23-21(24)28)14(10-5-4-6-11(25)9-10)15-17(22-19)12-7-2-3-8-13(12)18(15)26/h2-9,14,22,25H,1H3,(H,23,27,28)/t14-/m1/s1. The van der Waals surface area contributed by atoms with Crippen molar-refractivity contribution in [2.45, 2.75) is 5.92 Å². The third kappa shape index (κ3) is 2.07. The van der Waals surface area contributed by atoms with Gasteiger partial charge >= 0.3 is 5.69 Å². The molecule has 2 heterocycles. The minimum Gasteiger partial charge on any atom is -0.508 e. The highest BCUT2D eigenvalue weighted by molar-refractivity contribution is 6.23. The highest BCUT2D eigenvalue weighted by Gasteiger charge is 2.42. The van der Waals surface area contributed by atoms with Crippen LogP contribution in [0.2, 0.25) is 0 Å². The van der Waals surface area contributed by atoms with Gasteiger partial charge in [-0.2, -0.15) is 0 Å². The highest BCUT2D eigenvalue weighted by Crippen LogP contribution is 2.47. The molecule has 138 valence electrons. The molecule has 28 heavy (non-hydrogen) atoms. The fraction of sp³-hybridized carbons (Fsp3) is 0.0952. The Balaban J connectivity index is 1.88. The number of fused-ring (bicyclic) bond motifs is 3. The Morgan fingerprint density at radius 2 is 1.75 bits per heavy atom. The molecule has 3 N–H and O–H groups in total. The minimum absolute atomic E-state index is 0.0314. The second-order valence-electron chi connectivity index (χ2n) is 6.90. The zero-order chi connectivity index (χ0) is 19.6. The molecule has 0 unspecified atom stereocenters. The van der Waals surface area contributed by atoms with E-state index < -0.39 is 17.2 Å². The summed E-state index contributed by atoms with van der Waals surface area (Å²) in [5.41, 5.74) is 2.05. The molecule has 0 radical (unpaired) electrons. The van der Waals surface area contributed by atoms with Gasteiger partial charge in [-0.05, 0) is 17.7 Å². The number of H-pyrrole nitrogens is 1. The first kappa shape index (κ1) is 16.3. The van der Waals surface area contributed by atoms with Crippen molar-refractivity contribution in [3.63, 3.8) is 0 Å². The molecule has 2 aliphatic rings. The van der Waals surface area contributed by atoms with E-state index in [2.05, 4.69) is 10.3 Å². The molecule has 1 atom stereocenters. The highest BCUT2D eigenvalue weighted by atomic mass is 16.3. The largest absolute Gasteiger partial charge is 0.508 e. The maximum atomic E-state index is 13.2. The molecule has 0 bridgehead atoms. The van der Waals surface area contributed by atoms with E-state index in [9.17, 15) is 19.5 Å². The number of aromatic nitrogens is 2. The summed E-state index contributed by atoms with van der Waals surface area (Å²) >= 11 is 0. The number of aromatic hydroxyl groups is 1. The number of phenolic OH excluding ortho intramolecular Hbond substituents is 1. The molecular weight excluding hydrogens is 358 g/mol. The lowest BCUT2D eigenvalue weighted by Crippen LogP contribution is -2.37. The number of hydrogen-bond donors (Lipinski definition) is 3. The Morgan fingerprint density at radius 3 is 2.50 bits per heavy atom. The van der Waals surface area contributed by atoms with Crippen LogP contribution < -0.4 is 16.6 Å². The Labute approximate surface area is 158 Å². The molecule has 0 saturated carbocycles. The number of carbonyl (C=O) groups excluding carboxylic acids is 1. The number of hydrogen-bond acceptors (Lipinski definition) is 5. The van der Waals surface area contributed by atoms with Crippen molar-refractivity contribution in [1.82, 2.24) is 9.55 Å². The van der Waals surface area contributed by atoms with Crippen molar-refractivity contribution >= 4 is 17.3 Å². The first-order chi connectivity index (χ1) is 13.5. The van der Waals surface area contributed by atoms with Crippen LogP contribution in [0.15, 0.2) is 63.7 Å². The number of nitrogens with zero attached hydrogens (tertiary/aromatic N) is 1. The van der Waals surface area contributed by atoms with Gasteiger partial charge < -0.3 is 10.4 Å². The number of nitrogens with one attached hydrogen (secondary N) is 2. The van der Waals surface area contributed by atoms with Crippen LogP contribution in [0.4, 0.5) is 5.82 Å². The average Bonchev–Trinajstić information content (AvgIpc) is 2.97. The van der Waals surface area contributed by atoms with Gasteiger partial charge in [-0.15, -0.1) is 0 Å². The zero-order valence-corrected chi connectivity index (χ0v) is 14.8. The molecule has 0 amide bonds. The predicted octanol–water partition coefficient (Wildman–Crippen LogP) is 1.94. The molecule has 0 spiro atoms. The number of rotatable bonds is 1. The number of Topliss-reactive ketones (excluding diaryl/α,β-unsaturated/α-hetero) is 1. The maximum absolute atomic E-state index is 13.2. The van der Waals surface area contributed by atoms with E-state index in [1.807, 2.05) is 12.1 Å². The molecule has 3 aromatic rings. The smallest absolute Gasteiger partial charge is 0.329 e. The average molecular weight is 373 g/mol. The molecule has 1 aliphatic carbocycles. The first-order valence-corrected chi connectivity index (χ1v) is 8.75. The number of benzene rings is 2. The predicted molar refractivity (Wildman–Crippen MR) is 104 cm³/mol. The van der Waals surface area contributed by atoms with E-state index >= 15 is 0 Å². The van der Waals surface area contributed by atoms with Crippen molar-refractivity contribution in [3.8, 4) is 5.75 Å². The van der Waals surface area contributed by atoms with E-state index in [0.29, 0.717) is 28.2 Å². The molecular formula is C21H15N3O4. The van der Waals surface area contributed by atoms with Gasteiger partial charge in [0.15, 0.2) is 5.78 Å². The number of ketones is 1. The van der Waals surface area contributed by atoms with E-state index in [-0.39, 0.29) is 17.1 Å². The summed E-state index contributed by atoms with van der Waals surface area (Å²) in [7, 11) is 1.55. The van der Waals surface area contributed by atoms with E-state index in [0.717, 1.165) is 5.56 Å². The van der Waals surface area contributed by atoms with Crippen LogP contribution in [0, 0.1) is 0 Å². The monoisotopic (exact) mass is 373 g/mol. The van der Waals surface area contributed by atoms with Gasteiger partial charge in [-0.1, -0.05) is 36.4 Å². The first-order valence-electron chi connectivity index (χ1n) is 8.75. The summed E-state index contributed by atoms with van der Waals surface area (Å²) < 4.78 is 1.32. The van der Waals surface area contributed by atoms with Gasteiger partial charge in [-0.3, -0.25) is 19.1 Å². The summed E-state index contributed by atoms with van der Waals surface area (Å²) in [6.45, 7) is 0. The van der Waals surface area contributed by atoms with Crippen molar-refractivity contribution in [2.24, 2.45) is 7.05 Å². The third-order valence-electron chi connectivity index (χ3n) is 5.34. The van der Waals surface area contributed by atoms with Crippen molar-refractivity contribution < 1.29 is 9.90 Å².